The summed E-state index contributed by atoms with van der Waals surface area (Å²) in [4.78, 5) is 25.2. The van der Waals surface area contributed by atoms with Gasteiger partial charge in [-0.3, -0.25) is 13.8 Å². The van der Waals surface area contributed by atoms with E-state index in [1.807, 2.05) is 0 Å². The summed E-state index contributed by atoms with van der Waals surface area (Å²) >= 11 is 0. The van der Waals surface area contributed by atoms with Gasteiger partial charge in [-0.25, -0.2) is 0 Å². The predicted octanol–water partition coefficient (Wildman–Crippen LogP) is 2.83. The molecule has 1 aromatic carbocycles. The second kappa shape index (κ2) is 7.49. The van der Waals surface area contributed by atoms with E-state index in [4.69, 9.17) is 0 Å². The van der Waals surface area contributed by atoms with Gasteiger partial charge in [0.15, 0.2) is 0 Å². The van der Waals surface area contributed by atoms with Crippen molar-refractivity contribution in [2.75, 3.05) is 12.8 Å². The van der Waals surface area contributed by atoms with Gasteiger partial charge in [-0.05, 0) is 6.42 Å². The van der Waals surface area contributed by atoms with E-state index < -0.39 is 10.8 Å². The van der Waals surface area contributed by atoms with Crippen LogP contribution < -0.4 is 5.32 Å². The maximum absolute atomic E-state index is 12.6. The third-order valence-corrected chi connectivity index (χ3v) is 4.66. The van der Waals surface area contributed by atoms with E-state index in [9.17, 15) is 13.8 Å². The molecule has 0 radical (unpaired) electrons. The fourth-order valence-electron chi connectivity index (χ4n) is 2.55. The number of benzene rings is 1. The fourth-order valence-corrected chi connectivity index (χ4v) is 3.38. The first kappa shape index (κ1) is 16.6. The Labute approximate surface area is 133 Å². The van der Waals surface area contributed by atoms with Gasteiger partial charge in [0.05, 0.1) is 10.8 Å². The topological polar surface area (TPSA) is 63.2 Å². The minimum absolute atomic E-state index is 0.0965. The van der Waals surface area contributed by atoms with E-state index in [0.29, 0.717) is 17.7 Å². The molecule has 2 rings (SSSR count). The molecule has 0 heterocycles. The molecule has 22 heavy (non-hydrogen) atoms. The van der Waals surface area contributed by atoms with E-state index in [2.05, 4.69) is 12.2 Å². The summed E-state index contributed by atoms with van der Waals surface area (Å²) in [5.74, 6) is -0.553. The minimum Gasteiger partial charge on any atom is -0.381 e. The number of rotatable bonds is 7. The largest absolute Gasteiger partial charge is 0.381 e. The Balaban J connectivity index is 2.27. The molecule has 0 bridgehead atoms. The lowest BCUT2D eigenvalue weighted by atomic mass is 9.92. The molecule has 5 heteroatoms. The van der Waals surface area contributed by atoms with Crippen molar-refractivity contribution in [3.63, 3.8) is 0 Å². The van der Waals surface area contributed by atoms with Crippen LogP contribution in [0.15, 0.2) is 34.9 Å². The van der Waals surface area contributed by atoms with Gasteiger partial charge in [0.1, 0.15) is 10.6 Å². The van der Waals surface area contributed by atoms with Gasteiger partial charge in [0, 0.05) is 23.9 Å². The second-order valence-electron chi connectivity index (χ2n) is 5.35. The average molecular weight is 319 g/mol. The van der Waals surface area contributed by atoms with Crippen LogP contribution >= 0.6 is 0 Å². The molecule has 1 aliphatic rings. The maximum Gasteiger partial charge on any atom is 0.210 e. The molecule has 118 valence electrons. The molecule has 1 aromatic rings. The Hall–Kier alpha value is -1.75. The summed E-state index contributed by atoms with van der Waals surface area (Å²) in [5, 5.41) is 3.05. The number of nitrogens with one attached hydrogen (secondary N) is 1. The summed E-state index contributed by atoms with van der Waals surface area (Å²) in [6, 6.07) is 6.70. The van der Waals surface area contributed by atoms with Gasteiger partial charge in [-0.2, -0.15) is 0 Å². The van der Waals surface area contributed by atoms with Crippen molar-refractivity contribution in [3.05, 3.63) is 46.0 Å². The zero-order valence-electron chi connectivity index (χ0n) is 13.0. The predicted molar refractivity (Wildman–Crippen MR) is 88.3 cm³/mol. The number of carbonyl (C=O) groups is 2. The van der Waals surface area contributed by atoms with Crippen molar-refractivity contribution < 1.29 is 13.8 Å². The monoisotopic (exact) mass is 319 g/mol. The van der Waals surface area contributed by atoms with Crippen LogP contribution in [0.2, 0.25) is 0 Å². The lowest BCUT2D eigenvalue weighted by molar-refractivity contribution is 0.0975. The molecular formula is C17H21NO3S. The highest BCUT2D eigenvalue weighted by molar-refractivity contribution is 7.89. The van der Waals surface area contributed by atoms with Gasteiger partial charge in [0.2, 0.25) is 11.6 Å². The molecule has 0 aromatic heterocycles. The Morgan fingerprint density at radius 3 is 2.23 bits per heavy atom. The molecule has 0 aliphatic heterocycles. The number of fused-ring (bicyclic) bond motifs is 1. The summed E-state index contributed by atoms with van der Waals surface area (Å²) in [6.45, 7) is 2.74. The zero-order valence-corrected chi connectivity index (χ0v) is 13.8. The highest BCUT2D eigenvalue weighted by Gasteiger charge is 2.33. The first-order valence-electron chi connectivity index (χ1n) is 7.58. The smallest absolute Gasteiger partial charge is 0.210 e. The van der Waals surface area contributed by atoms with Crippen LogP contribution in [-0.4, -0.2) is 28.6 Å². The Kier molecular flexibility index (Phi) is 5.66. The molecule has 0 saturated carbocycles. The summed E-state index contributed by atoms with van der Waals surface area (Å²) in [6.07, 6.45) is 5.71. The maximum atomic E-state index is 12.6. The highest BCUT2D eigenvalue weighted by Crippen LogP contribution is 2.26. The van der Waals surface area contributed by atoms with Crippen molar-refractivity contribution in [2.24, 2.45) is 0 Å². The summed E-state index contributed by atoms with van der Waals surface area (Å²) in [5.41, 5.74) is 0.938. The van der Waals surface area contributed by atoms with Crippen LogP contribution in [0, 0.1) is 0 Å². The Bertz CT molecular complexity index is 649. The van der Waals surface area contributed by atoms with Crippen molar-refractivity contribution in [1.82, 2.24) is 5.32 Å². The van der Waals surface area contributed by atoms with Gasteiger partial charge >= 0.3 is 0 Å². The van der Waals surface area contributed by atoms with Crippen molar-refractivity contribution in [1.29, 1.82) is 0 Å². The fraction of sp³-hybridized carbons (Fsp3) is 0.412. The molecule has 0 amide bonds. The minimum atomic E-state index is -1.50. The van der Waals surface area contributed by atoms with E-state index in [1.165, 1.54) is 6.26 Å². The van der Waals surface area contributed by atoms with Gasteiger partial charge in [-0.1, -0.05) is 50.5 Å². The van der Waals surface area contributed by atoms with Crippen LogP contribution in [0.25, 0.3) is 0 Å². The van der Waals surface area contributed by atoms with Crippen molar-refractivity contribution in [3.8, 4) is 0 Å². The average Bonchev–Trinajstić information content (AvgIpc) is 2.51. The second-order valence-corrected chi connectivity index (χ2v) is 6.67. The molecule has 4 nitrogen and oxygen atoms in total. The van der Waals surface area contributed by atoms with Crippen molar-refractivity contribution >= 4 is 22.4 Å². The standard InChI is InChI=1S/C17H21NO3S/c1-3-4-5-8-11-18-14-15(19)12-9-6-7-10-13(12)16(20)17(14)22(2)21/h6-7,9-10,18H,3-5,8,11H2,1-2H3. The van der Waals surface area contributed by atoms with E-state index in [1.54, 1.807) is 24.3 Å². The number of ketones is 2. The molecule has 0 saturated heterocycles. The number of hydrogen-bond donors (Lipinski definition) is 1. The first-order chi connectivity index (χ1) is 10.6. The number of allylic oxidation sites excluding steroid dienone is 2. The Morgan fingerprint density at radius 1 is 1.00 bits per heavy atom. The molecule has 1 atom stereocenters. The lowest BCUT2D eigenvalue weighted by Crippen LogP contribution is -2.32. The number of unbranched alkanes of at least 4 members (excludes halogenated alkanes) is 3. The zero-order chi connectivity index (χ0) is 16.1. The van der Waals surface area contributed by atoms with E-state index in [-0.39, 0.29) is 22.2 Å². The number of Topliss-reactive ketones (excluding diaryl/α,β-unsaturated/α-hetero) is 2. The number of hydrogen-bond acceptors (Lipinski definition) is 4. The molecule has 1 aliphatic carbocycles. The van der Waals surface area contributed by atoms with Crippen LogP contribution in [0.5, 0.6) is 0 Å². The Morgan fingerprint density at radius 2 is 1.64 bits per heavy atom. The molecular weight excluding hydrogens is 298 g/mol. The normalized spacial score (nSPS) is 15.7. The van der Waals surface area contributed by atoms with E-state index in [0.717, 1.165) is 25.7 Å². The summed E-state index contributed by atoms with van der Waals surface area (Å²) in [7, 11) is -1.50. The van der Waals surface area contributed by atoms with Crippen molar-refractivity contribution in [2.45, 2.75) is 32.6 Å². The molecule has 1 N–H and O–H groups in total. The van der Waals surface area contributed by atoms with E-state index >= 15 is 0 Å². The third kappa shape index (κ3) is 3.35. The first-order valence-corrected chi connectivity index (χ1v) is 9.13. The van der Waals surface area contributed by atoms with Gasteiger partial charge in [-0.15, -0.1) is 0 Å². The lowest BCUT2D eigenvalue weighted by Gasteiger charge is -2.20. The number of carbonyl (C=O) groups excluding carboxylic acids is 2. The van der Waals surface area contributed by atoms with Gasteiger partial charge < -0.3 is 5.32 Å². The SMILES string of the molecule is CCCCCCNC1=C(S(C)=O)C(=O)c2ccccc2C1=O. The molecule has 0 fully saturated rings. The van der Waals surface area contributed by atoms with Gasteiger partial charge in [0.25, 0.3) is 0 Å². The molecule has 0 spiro atoms. The third-order valence-electron chi connectivity index (χ3n) is 3.70. The highest BCUT2D eigenvalue weighted by atomic mass is 32.2. The van der Waals surface area contributed by atoms with Crippen LogP contribution in [-0.2, 0) is 10.8 Å². The summed E-state index contributed by atoms with van der Waals surface area (Å²) < 4.78 is 12.0. The van der Waals surface area contributed by atoms with Crippen LogP contribution in [0.1, 0.15) is 53.3 Å². The quantitative estimate of drug-likeness (QED) is 0.785. The van der Waals surface area contributed by atoms with Crippen LogP contribution in [0.4, 0.5) is 0 Å². The van der Waals surface area contributed by atoms with Crippen LogP contribution in [0.3, 0.4) is 0 Å². The molecule has 1 unspecified atom stereocenters.